The molecule has 0 aliphatic carbocycles. The van der Waals surface area contributed by atoms with Gasteiger partial charge in [-0.25, -0.2) is 19.9 Å². The summed E-state index contributed by atoms with van der Waals surface area (Å²) in [5.74, 6) is 2.73. The normalized spacial score (nSPS) is 16.6. The van der Waals surface area contributed by atoms with Gasteiger partial charge in [0.1, 0.15) is 11.5 Å². The molecule has 2 atom stereocenters. The van der Waals surface area contributed by atoms with Crippen LogP contribution in [-0.4, -0.2) is 33.1 Å². The third-order valence-electron chi connectivity index (χ3n) is 9.88. The van der Waals surface area contributed by atoms with E-state index < -0.39 is 0 Å². The van der Waals surface area contributed by atoms with Crippen LogP contribution >= 0.6 is 22.7 Å². The van der Waals surface area contributed by atoms with Crippen molar-refractivity contribution in [2.75, 3.05) is 23.8 Å². The summed E-state index contributed by atoms with van der Waals surface area (Å²) in [7, 11) is 0. The lowest BCUT2D eigenvalue weighted by atomic mass is 10.0. The molecule has 8 aromatic rings. The van der Waals surface area contributed by atoms with E-state index in [2.05, 4.69) is 42.7 Å². The van der Waals surface area contributed by atoms with Crippen LogP contribution in [0.2, 0.25) is 0 Å². The number of hydrogen-bond donors (Lipinski definition) is 2. The number of nitrogens with zero attached hydrogens (tertiary/aromatic N) is 4. The van der Waals surface area contributed by atoms with Gasteiger partial charge in [0, 0.05) is 48.1 Å². The zero-order valence-electron chi connectivity index (χ0n) is 31.8. The van der Waals surface area contributed by atoms with Gasteiger partial charge in [-0.2, -0.15) is 0 Å². The number of ether oxygens (including phenoxy) is 4. The number of thiazole rings is 2. The fourth-order valence-corrected chi connectivity index (χ4v) is 8.75. The summed E-state index contributed by atoms with van der Waals surface area (Å²) >= 11 is 3.28. The van der Waals surface area contributed by atoms with Crippen LogP contribution in [0.4, 0.5) is 21.6 Å². The molecule has 6 heterocycles. The van der Waals surface area contributed by atoms with E-state index in [0.29, 0.717) is 11.8 Å². The fourth-order valence-electron chi connectivity index (χ4n) is 6.97. The molecule has 0 saturated carbocycles. The van der Waals surface area contributed by atoms with E-state index in [0.717, 1.165) is 94.2 Å². The van der Waals surface area contributed by atoms with Crippen LogP contribution in [0.15, 0.2) is 134 Å². The smallest absolute Gasteiger partial charge is 0.225 e. The van der Waals surface area contributed by atoms with Gasteiger partial charge >= 0.3 is 0 Å². The summed E-state index contributed by atoms with van der Waals surface area (Å²) in [5.41, 5.74) is 5.98. The maximum atomic E-state index is 6.08. The molecule has 10 nitrogen and oxygen atoms in total. The molecular weight excluding hydrogens is 765 g/mol. The van der Waals surface area contributed by atoms with Crippen LogP contribution in [0.1, 0.15) is 61.9 Å². The van der Waals surface area contributed by atoms with E-state index in [1.165, 1.54) is 22.2 Å². The minimum absolute atomic E-state index is 0.0624. The summed E-state index contributed by atoms with van der Waals surface area (Å²) in [6, 6.07) is 39.9. The molecule has 2 aliphatic rings. The molecule has 2 N–H and O–H groups in total. The molecule has 0 spiro atoms. The molecule has 58 heavy (non-hydrogen) atoms. The van der Waals surface area contributed by atoms with Crippen molar-refractivity contribution >= 4 is 64.7 Å². The number of nitrogens with one attached hydrogen (secondary N) is 2. The maximum absolute atomic E-state index is 6.08. The highest BCUT2D eigenvalue weighted by Crippen LogP contribution is 2.37. The average Bonchev–Trinajstić information content (AvgIpc) is 3.89. The Hall–Kier alpha value is -5.92. The summed E-state index contributed by atoms with van der Waals surface area (Å²) < 4.78 is 26.3. The summed E-state index contributed by atoms with van der Waals surface area (Å²) in [4.78, 5) is 18.1. The number of aromatic nitrogens is 4. The van der Waals surface area contributed by atoms with E-state index >= 15 is 0 Å². The Morgan fingerprint density at radius 1 is 0.500 bits per heavy atom. The Morgan fingerprint density at radius 2 is 0.948 bits per heavy atom. The molecule has 0 radical (unpaired) electrons. The van der Waals surface area contributed by atoms with E-state index in [-0.39, 0.29) is 12.2 Å². The van der Waals surface area contributed by atoms with Gasteiger partial charge in [0.2, 0.25) is 11.8 Å². The lowest BCUT2D eigenvalue weighted by molar-refractivity contribution is 0.0134. The van der Waals surface area contributed by atoms with Crippen LogP contribution in [0.5, 0.6) is 23.3 Å². The second kappa shape index (κ2) is 18.1. The van der Waals surface area contributed by atoms with Crippen LogP contribution in [0.3, 0.4) is 0 Å². The number of fused-ring (bicyclic) bond motifs is 2. The van der Waals surface area contributed by atoms with Crippen LogP contribution in [0.25, 0.3) is 20.4 Å². The van der Waals surface area contributed by atoms with Gasteiger partial charge in [-0.3, -0.25) is 0 Å². The van der Waals surface area contributed by atoms with E-state index in [1.807, 2.05) is 109 Å². The fraction of sp³-hybridized carbons (Fsp3) is 0.217. The summed E-state index contributed by atoms with van der Waals surface area (Å²) in [6.45, 7) is 1.59. The Bertz CT molecular complexity index is 2320. The molecule has 0 amide bonds. The second-order valence-electron chi connectivity index (χ2n) is 14.0. The largest absolute Gasteiger partial charge is 0.439 e. The highest BCUT2D eigenvalue weighted by Gasteiger charge is 2.22. The number of rotatable bonds is 10. The van der Waals surface area contributed by atoms with Gasteiger partial charge in [-0.15, -0.1) is 0 Å². The molecule has 2 fully saturated rings. The molecule has 4 aromatic carbocycles. The topological polar surface area (TPSA) is 113 Å². The number of hydrogen-bond acceptors (Lipinski definition) is 12. The van der Waals surface area contributed by atoms with Crippen molar-refractivity contribution in [1.29, 1.82) is 0 Å². The van der Waals surface area contributed by atoms with Crippen molar-refractivity contribution in [3.63, 3.8) is 0 Å². The van der Waals surface area contributed by atoms with Gasteiger partial charge in [0.25, 0.3) is 0 Å². The first-order valence-corrected chi connectivity index (χ1v) is 21.3. The number of para-hydroxylation sites is 2. The van der Waals surface area contributed by atoms with Crippen molar-refractivity contribution in [2.24, 2.45) is 0 Å². The summed E-state index contributed by atoms with van der Waals surface area (Å²) in [6.07, 6.45) is 10.2. The minimum Gasteiger partial charge on any atom is -0.439 e. The standard InChI is InChI=1S/2C23H21N3O2S/c2*1-2-9-21-19(7-1)26-23(29-21)25-16-10-12-17(13-11-16)28-22-18(6-5-14-24-22)20-8-3-4-15-27-20/h2*1-2,5-7,9-14,20H,3-4,8,15H2,(H,25,26). The first-order valence-electron chi connectivity index (χ1n) is 19.6. The van der Waals surface area contributed by atoms with Crippen LogP contribution < -0.4 is 20.1 Å². The van der Waals surface area contributed by atoms with E-state index in [9.17, 15) is 0 Å². The first-order chi connectivity index (χ1) is 28.7. The Labute approximate surface area is 344 Å². The minimum atomic E-state index is 0.0624. The Balaban J connectivity index is 0.000000150. The molecule has 2 aliphatic heterocycles. The molecule has 12 heteroatoms. The highest BCUT2D eigenvalue weighted by atomic mass is 32.1. The third-order valence-corrected chi connectivity index (χ3v) is 11.8. The van der Waals surface area contributed by atoms with Crippen molar-refractivity contribution in [3.05, 3.63) is 145 Å². The number of pyridine rings is 2. The average molecular weight is 807 g/mol. The van der Waals surface area contributed by atoms with Gasteiger partial charge in [-0.05, 0) is 136 Å². The van der Waals surface area contributed by atoms with Gasteiger partial charge in [0.15, 0.2) is 10.3 Å². The maximum Gasteiger partial charge on any atom is 0.225 e. The molecule has 2 saturated heterocycles. The lowest BCUT2D eigenvalue weighted by Crippen LogP contribution is -2.12. The van der Waals surface area contributed by atoms with Crippen LogP contribution in [0, 0.1) is 0 Å². The van der Waals surface area contributed by atoms with Crippen molar-refractivity contribution in [3.8, 4) is 23.3 Å². The van der Waals surface area contributed by atoms with Crippen molar-refractivity contribution < 1.29 is 18.9 Å². The molecule has 10 rings (SSSR count). The molecule has 2 unspecified atom stereocenters. The molecule has 0 bridgehead atoms. The monoisotopic (exact) mass is 806 g/mol. The Morgan fingerprint density at radius 3 is 1.36 bits per heavy atom. The molecule has 4 aromatic heterocycles. The summed E-state index contributed by atoms with van der Waals surface area (Å²) in [5, 5.41) is 8.48. The van der Waals surface area contributed by atoms with Crippen LogP contribution in [-0.2, 0) is 9.47 Å². The predicted molar refractivity (Wildman–Crippen MR) is 232 cm³/mol. The SMILES string of the molecule is c1cnc(Oc2ccc(Nc3nc4ccccc4s3)cc2)c(C2CCCCO2)c1.c1cnc(Oc2ccc(Nc3nc4ccccc4s3)cc2)c(C2CCCCO2)c1. The van der Waals surface area contributed by atoms with E-state index in [1.54, 1.807) is 35.1 Å². The van der Waals surface area contributed by atoms with Crippen molar-refractivity contribution in [1.82, 2.24) is 19.9 Å². The second-order valence-corrected chi connectivity index (χ2v) is 16.0. The molecule has 292 valence electrons. The predicted octanol–water partition coefficient (Wildman–Crippen LogP) is 12.9. The van der Waals surface area contributed by atoms with Gasteiger partial charge < -0.3 is 29.6 Å². The van der Waals surface area contributed by atoms with Gasteiger partial charge in [0.05, 0.1) is 32.6 Å². The van der Waals surface area contributed by atoms with Crippen molar-refractivity contribution in [2.45, 2.75) is 50.7 Å². The molecular formula is C46H42N6O4S2. The zero-order chi connectivity index (χ0) is 38.9. The number of benzene rings is 4. The lowest BCUT2D eigenvalue weighted by Gasteiger charge is -2.24. The first kappa shape index (κ1) is 37.6. The highest BCUT2D eigenvalue weighted by molar-refractivity contribution is 7.22. The van der Waals surface area contributed by atoms with Gasteiger partial charge in [-0.1, -0.05) is 46.9 Å². The quantitative estimate of drug-likeness (QED) is 0.138. The Kier molecular flexibility index (Phi) is 11.8. The zero-order valence-corrected chi connectivity index (χ0v) is 33.4. The number of anilines is 4. The third kappa shape index (κ3) is 9.27. The van der Waals surface area contributed by atoms with E-state index in [4.69, 9.17) is 18.9 Å².